The van der Waals surface area contributed by atoms with Gasteiger partial charge in [0.25, 0.3) is 5.91 Å². The van der Waals surface area contributed by atoms with Gasteiger partial charge in [-0.25, -0.2) is 8.42 Å². The summed E-state index contributed by atoms with van der Waals surface area (Å²) < 4.78 is 21.8. The summed E-state index contributed by atoms with van der Waals surface area (Å²) in [7, 11) is -1.48. The highest BCUT2D eigenvalue weighted by Crippen LogP contribution is 2.00. The molecule has 0 spiro atoms. The fourth-order valence-corrected chi connectivity index (χ4v) is 1.60. The van der Waals surface area contributed by atoms with Crippen molar-refractivity contribution in [3.05, 3.63) is 18.0 Å². The van der Waals surface area contributed by atoms with E-state index >= 15 is 0 Å². The average Bonchev–Trinajstić information content (AvgIpc) is 2.64. The normalized spacial score (nSPS) is 11.3. The van der Waals surface area contributed by atoms with Gasteiger partial charge in [0.15, 0.2) is 0 Å². The van der Waals surface area contributed by atoms with Gasteiger partial charge in [0.05, 0.1) is 17.5 Å². The van der Waals surface area contributed by atoms with Crippen molar-refractivity contribution in [2.24, 2.45) is 0 Å². The Bertz CT molecular complexity index is 424. The van der Waals surface area contributed by atoms with Gasteiger partial charge in [0.2, 0.25) is 0 Å². The van der Waals surface area contributed by atoms with Crippen LogP contribution in [-0.2, 0) is 9.84 Å². The lowest BCUT2D eigenvalue weighted by Gasteiger charge is -2.15. The number of hydrogen-bond donors (Lipinski definition) is 1. The summed E-state index contributed by atoms with van der Waals surface area (Å²) in [6.45, 7) is 0.183. The van der Waals surface area contributed by atoms with Crippen molar-refractivity contribution < 1.29 is 13.2 Å². The average molecular weight is 231 g/mol. The van der Waals surface area contributed by atoms with Crippen molar-refractivity contribution in [3.8, 4) is 0 Å². The molecular formula is C8H13N3O3S. The first-order valence-electron chi connectivity index (χ1n) is 4.32. The molecular weight excluding hydrogens is 218 g/mol. The van der Waals surface area contributed by atoms with Crippen LogP contribution in [-0.4, -0.2) is 55.0 Å². The largest absolute Gasteiger partial charge is 0.341 e. The highest BCUT2D eigenvalue weighted by molar-refractivity contribution is 7.90. The maximum atomic E-state index is 11.6. The summed E-state index contributed by atoms with van der Waals surface area (Å²) in [4.78, 5) is 12.9. The number of sulfone groups is 1. The van der Waals surface area contributed by atoms with Gasteiger partial charge in [-0.1, -0.05) is 0 Å². The molecule has 0 aliphatic heterocycles. The first kappa shape index (κ1) is 11.7. The van der Waals surface area contributed by atoms with Crippen LogP contribution >= 0.6 is 0 Å². The number of amides is 1. The monoisotopic (exact) mass is 231 g/mol. The van der Waals surface area contributed by atoms with Crippen LogP contribution in [0.3, 0.4) is 0 Å². The van der Waals surface area contributed by atoms with Gasteiger partial charge in [-0.3, -0.25) is 9.89 Å². The lowest BCUT2D eigenvalue weighted by atomic mass is 10.3. The third-order valence-corrected chi connectivity index (χ3v) is 2.81. The number of carbonyl (C=O) groups is 1. The van der Waals surface area contributed by atoms with E-state index in [9.17, 15) is 13.2 Å². The molecule has 0 radical (unpaired) electrons. The third kappa shape index (κ3) is 3.70. The molecule has 1 aromatic rings. The first-order valence-corrected chi connectivity index (χ1v) is 6.38. The van der Waals surface area contributed by atoms with E-state index in [0.717, 1.165) is 6.26 Å². The Hall–Kier alpha value is -1.37. The van der Waals surface area contributed by atoms with Gasteiger partial charge in [0, 0.05) is 26.0 Å². The van der Waals surface area contributed by atoms with Gasteiger partial charge in [-0.15, -0.1) is 0 Å². The fourth-order valence-electron chi connectivity index (χ4n) is 0.993. The molecule has 0 aromatic carbocycles. The molecule has 7 heteroatoms. The standard InChI is InChI=1S/C8H13N3O3S/c1-11(3-4-15(2,13)14)8(12)7-5-9-10-6-7/h5-6H,3-4H2,1-2H3,(H,9,10). The zero-order chi connectivity index (χ0) is 11.5. The summed E-state index contributed by atoms with van der Waals surface area (Å²) in [6, 6.07) is 0. The van der Waals surface area contributed by atoms with Crippen LogP contribution in [0, 0.1) is 0 Å². The third-order valence-electron chi connectivity index (χ3n) is 1.89. The van der Waals surface area contributed by atoms with Crippen molar-refractivity contribution >= 4 is 15.7 Å². The topological polar surface area (TPSA) is 83.1 Å². The fraction of sp³-hybridized carbons (Fsp3) is 0.500. The van der Waals surface area contributed by atoms with Gasteiger partial charge in [-0.05, 0) is 0 Å². The van der Waals surface area contributed by atoms with Crippen LogP contribution in [0.25, 0.3) is 0 Å². The van der Waals surface area contributed by atoms with E-state index in [4.69, 9.17) is 0 Å². The van der Waals surface area contributed by atoms with Crippen LogP contribution in [0.2, 0.25) is 0 Å². The predicted molar refractivity (Wildman–Crippen MR) is 55.3 cm³/mol. The summed E-state index contributed by atoms with van der Waals surface area (Å²) in [5.74, 6) is -0.278. The molecule has 0 saturated carbocycles. The van der Waals surface area contributed by atoms with Crippen molar-refractivity contribution in [2.45, 2.75) is 0 Å². The molecule has 15 heavy (non-hydrogen) atoms. The van der Waals surface area contributed by atoms with E-state index in [1.54, 1.807) is 7.05 Å². The molecule has 1 heterocycles. The van der Waals surface area contributed by atoms with Crippen LogP contribution in [0.1, 0.15) is 10.4 Å². The van der Waals surface area contributed by atoms with E-state index in [2.05, 4.69) is 10.2 Å². The van der Waals surface area contributed by atoms with Gasteiger partial charge in [-0.2, -0.15) is 5.10 Å². The molecule has 1 rings (SSSR count). The van der Waals surface area contributed by atoms with Crippen molar-refractivity contribution in [2.75, 3.05) is 25.6 Å². The zero-order valence-electron chi connectivity index (χ0n) is 8.60. The molecule has 1 aromatic heterocycles. The number of rotatable bonds is 4. The van der Waals surface area contributed by atoms with Crippen molar-refractivity contribution in [3.63, 3.8) is 0 Å². The maximum Gasteiger partial charge on any atom is 0.256 e. The second-order valence-corrected chi connectivity index (χ2v) is 5.60. The summed E-state index contributed by atoms with van der Waals surface area (Å²) >= 11 is 0. The van der Waals surface area contributed by atoms with Crippen molar-refractivity contribution in [1.29, 1.82) is 0 Å². The maximum absolute atomic E-state index is 11.6. The van der Waals surface area contributed by atoms with Crippen LogP contribution < -0.4 is 0 Å². The highest BCUT2D eigenvalue weighted by Gasteiger charge is 2.14. The van der Waals surface area contributed by atoms with E-state index in [1.165, 1.54) is 17.3 Å². The van der Waals surface area contributed by atoms with E-state index in [-0.39, 0.29) is 18.2 Å². The van der Waals surface area contributed by atoms with E-state index in [0.29, 0.717) is 5.56 Å². The Morgan fingerprint density at radius 2 is 2.27 bits per heavy atom. The minimum Gasteiger partial charge on any atom is -0.341 e. The molecule has 0 unspecified atom stereocenters. The number of carbonyl (C=O) groups excluding carboxylic acids is 1. The molecule has 0 bridgehead atoms. The molecule has 0 saturated heterocycles. The van der Waals surface area contributed by atoms with Crippen LogP contribution in [0.4, 0.5) is 0 Å². The Kier molecular flexibility index (Phi) is 3.46. The molecule has 1 amide bonds. The molecule has 6 nitrogen and oxygen atoms in total. The van der Waals surface area contributed by atoms with E-state index < -0.39 is 9.84 Å². The Labute approximate surface area is 88.2 Å². The number of hydrogen-bond acceptors (Lipinski definition) is 4. The second-order valence-electron chi connectivity index (χ2n) is 3.34. The summed E-state index contributed by atoms with van der Waals surface area (Å²) in [6.07, 6.45) is 4.02. The Morgan fingerprint density at radius 1 is 1.60 bits per heavy atom. The molecule has 0 atom stereocenters. The van der Waals surface area contributed by atoms with Gasteiger partial charge >= 0.3 is 0 Å². The number of aromatic nitrogens is 2. The lowest BCUT2D eigenvalue weighted by molar-refractivity contribution is 0.0803. The van der Waals surface area contributed by atoms with Crippen LogP contribution in [0.15, 0.2) is 12.4 Å². The summed E-state index contributed by atoms with van der Waals surface area (Å²) in [5, 5.41) is 6.17. The first-order chi connectivity index (χ1) is 6.90. The number of aromatic amines is 1. The van der Waals surface area contributed by atoms with Crippen LogP contribution in [0.5, 0.6) is 0 Å². The number of nitrogens with one attached hydrogen (secondary N) is 1. The molecule has 0 aliphatic rings. The number of nitrogens with zero attached hydrogens (tertiary/aromatic N) is 2. The van der Waals surface area contributed by atoms with Gasteiger partial charge < -0.3 is 4.90 Å². The lowest BCUT2D eigenvalue weighted by Crippen LogP contribution is -2.31. The molecule has 1 N–H and O–H groups in total. The second kappa shape index (κ2) is 4.43. The minimum atomic E-state index is -3.04. The van der Waals surface area contributed by atoms with E-state index in [1.807, 2.05) is 0 Å². The predicted octanol–water partition coefficient (Wildman–Crippen LogP) is -0.474. The SMILES string of the molecule is CN(CCS(C)(=O)=O)C(=O)c1cn[nH]c1. The Balaban J connectivity index is 2.55. The zero-order valence-corrected chi connectivity index (χ0v) is 9.41. The minimum absolute atomic E-state index is 0.0346. The summed E-state index contributed by atoms with van der Waals surface area (Å²) in [5.41, 5.74) is 0.422. The quantitative estimate of drug-likeness (QED) is 0.759. The Morgan fingerprint density at radius 3 is 2.73 bits per heavy atom. The molecule has 0 aliphatic carbocycles. The number of H-pyrrole nitrogens is 1. The van der Waals surface area contributed by atoms with Crippen molar-refractivity contribution in [1.82, 2.24) is 15.1 Å². The molecule has 84 valence electrons. The molecule has 0 fully saturated rings. The highest BCUT2D eigenvalue weighted by atomic mass is 32.2. The van der Waals surface area contributed by atoms with Gasteiger partial charge in [0.1, 0.15) is 9.84 Å². The smallest absolute Gasteiger partial charge is 0.256 e.